The van der Waals surface area contributed by atoms with Crippen LogP contribution in [0.3, 0.4) is 0 Å². The first-order chi connectivity index (χ1) is 7.53. The van der Waals surface area contributed by atoms with Crippen molar-refractivity contribution < 1.29 is 9.90 Å². The number of nitrogens with two attached hydrogens (primary N) is 1. The van der Waals surface area contributed by atoms with E-state index in [9.17, 15) is 4.79 Å². The van der Waals surface area contributed by atoms with Gasteiger partial charge in [-0.3, -0.25) is 4.79 Å². The zero-order valence-electron chi connectivity index (χ0n) is 10.4. The Labute approximate surface area is 97.8 Å². The van der Waals surface area contributed by atoms with E-state index >= 15 is 0 Å². The van der Waals surface area contributed by atoms with E-state index in [-0.39, 0.29) is 12.5 Å². The highest BCUT2D eigenvalue weighted by Gasteiger charge is 2.39. The lowest BCUT2D eigenvalue weighted by Crippen LogP contribution is -2.57. The smallest absolute Gasteiger partial charge is 0.242 e. The number of rotatable bonds is 4. The first-order valence-corrected chi connectivity index (χ1v) is 6.22. The number of carbonyl (C=O) groups excluding carboxylic acids is 1. The Bertz CT molecular complexity index is 245. The van der Waals surface area contributed by atoms with Gasteiger partial charge < -0.3 is 15.7 Å². The number of likely N-dealkylation sites (N-methyl/N-ethyl adjacent to an activating group) is 1. The third-order valence-electron chi connectivity index (χ3n) is 3.50. The molecule has 94 valence electrons. The van der Waals surface area contributed by atoms with Crippen molar-refractivity contribution in [3.05, 3.63) is 0 Å². The van der Waals surface area contributed by atoms with Crippen LogP contribution in [0, 0.1) is 5.92 Å². The largest absolute Gasteiger partial charge is 0.395 e. The van der Waals surface area contributed by atoms with Gasteiger partial charge in [-0.2, -0.15) is 0 Å². The molecular weight excluding hydrogens is 204 g/mol. The summed E-state index contributed by atoms with van der Waals surface area (Å²) in [5, 5.41) is 8.92. The number of hydrogen-bond acceptors (Lipinski definition) is 3. The predicted octanol–water partition coefficient (Wildman–Crippen LogP) is 0.735. The van der Waals surface area contributed by atoms with Gasteiger partial charge in [0.2, 0.25) is 5.91 Å². The van der Waals surface area contributed by atoms with E-state index in [0.717, 1.165) is 19.3 Å². The molecule has 0 bridgehead atoms. The van der Waals surface area contributed by atoms with Gasteiger partial charge in [-0.15, -0.1) is 0 Å². The first-order valence-electron chi connectivity index (χ1n) is 6.22. The fourth-order valence-corrected chi connectivity index (χ4v) is 2.63. The summed E-state index contributed by atoms with van der Waals surface area (Å²) in [6, 6.07) is 0. The van der Waals surface area contributed by atoms with Crippen LogP contribution in [0.4, 0.5) is 0 Å². The molecule has 1 amide bonds. The lowest BCUT2D eigenvalue weighted by atomic mass is 9.76. The van der Waals surface area contributed by atoms with Crippen LogP contribution in [0.15, 0.2) is 0 Å². The molecule has 16 heavy (non-hydrogen) atoms. The lowest BCUT2D eigenvalue weighted by molar-refractivity contribution is -0.139. The Morgan fingerprint density at radius 1 is 1.62 bits per heavy atom. The summed E-state index contributed by atoms with van der Waals surface area (Å²) in [6.07, 6.45) is 3.74. The van der Waals surface area contributed by atoms with Crippen LogP contribution in [0.5, 0.6) is 0 Å². The zero-order valence-corrected chi connectivity index (χ0v) is 10.4. The second kappa shape index (κ2) is 5.64. The summed E-state index contributed by atoms with van der Waals surface area (Å²) in [6.45, 7) is 5.08. The molecule has 2 atom stereocenters. The molecule has 1 fully saturated rings. The van der Waals surface area contributed by atoms with E-state index in [1.165, 1.54) is 6.42 Å². The van der Waals surface area contributed by atoms with Crippen LogP contribution in [-0.4, -0.2) is 41.1 Å². The molecule has 0 radical (unpaired) electrons. The second-order valence-corrected chi connectivity index (χ2v) is 4.97. The SMILES string of the molecule is CCN(CCO)C(=O)C1(N)CCCC(C)C1. The molecule has 0 spiro atoms. The van der Waals surface area contributed by atoms with E-state index in [0.29, 0.717) is 19.0 Å². The van der Waals surface area contributed by atoms with Crippen molar-refractivity contribution in [3.63, 3.8) is 0 Å². The predicted molar refractivity (Wildman–Crippen MR) is 63.9 cm³/mol. The number of nitrogens with zero attached hydrogens (tertiary/aromatic N) is 1. The van der Waals surface area contributed by atoms with Crippen molar-refractivity contribution in [1.82, 2.24) is 4.90 Å². The number of aliphatic hydroxyl groups is 1. The molecular formula is C12H24N2O2. The van der Waals surface area contributed by atoms with Gasteiger partial charge in [-0.25, -0.2) is 0 Å². The van der Waals surface area contributed by atoms with Crippen LogP contribution < -0.4 is 5.73 Å². The van der Waals surface area contributed by atoms with Crippen LogP contribution >= 0.6 is 0 Å². The van der Waals surface area contributed by atoms with Crippen LogP contribution in [0.2, 0.25) is 0 Å². The average molecular weight is 228 g/mol. The Balaban J connectivity index is 2.69. The minimum Gasteiger partial charge on any atom is -0.395 e. The number of carbonyl (C=O) groups is 1. The van der Waals surface area contributed by atoms with E-state index < -0.39 is 5.54 Å². The summed E-state index contributed by atoms with van der Waals surface area (Å²) in [7, 11) is 0. The maximum atomic E-state index is 12.3. The molecule has 1 aliphatic rings. The molecule has 0 heterocycles. The van der Waals surface area contributed by atoms with Crippen molar-refractivity contribution in [2.75, 3.05) is 19.7 Å². The van der Waals surface area contributed by atoms with E-state index in [4.69, 9.17) is 10.8 Å². The molecule has 4 nitrogen and oxygen atoms in total. The number of aliphatic hydroxyl groups excluding tert-OH is 1. The van der Waals surface area contributed by atoms with Crippen molar-refractivity contribution >= 4 is 5.91 Å². The summed E-state index contributed by atoms with van der Waals surface area (Å²) in [5.74, 6) is 0.533. The summed E-state index contributed by atoms with van der Waals surface area (Å²) in [4.78, 5) is 13.9. The van der Waals surface area contributed by atoms with Gasteiger partial charge in [0.15, 0.2) is 0 Å². The fourth-order valence-electron chi connectivity index (χ4n) is 2.63. The second-order valence-electron chi connectivity index (χ2n) is 4.97. The molecule has 2 unspecified atom stereocenters. The van der Waals surface area contributed by atoms with Crippen molar-refractivity contribution in [1.29, 1.82) is 0 Å². The van der Waals surface area contributed by atoms with Gasteiger partial charge in [-0.1, -0.05) is 19.8 Å². The molecule has 1 rings (SSSR count). The molecule has 3 N–H and O–H groups in total. The Morgan fingerprint density at radius 3 is 2.81 bits per heavy atom. The maximum Gasteiger partial charge on any atom is 0.242 e. The van der Waals surface area contributed by atoms with Crippen LogP contribution in [-0.2, 0) is 4.79 Å². The van der Waals surface area contributed by atoms with Crippen LogP contribution in [0.1, 0.15) is 39.5 Å². The fraction of sp³-hybridized carbons (Fsp3) is 0.917. The molecule has 0 aromatic carbocycles. The van der Waals surface area contributed by atoms with Gasteiger partial charge in [-0.05, 0) is 25.7 Å². The van der Waals surface area contributed by atoms with Crippen LogP contribution in [0.25, 0.3) is 0 Å². The molecule has 1 saturated carbocycles. The minimum absolute atomic E-state index is 0.00517. The molecule has 0 aliphatic heterocycles. The lowest BCUT2D eigenvalue weighted by Gasteiger charge is -2.38. The quantitative estimate of drug-likeness (QED) is 0.745. The third-order valence-corrected chi connectivity index (χ3v) is 3.50. The molecule has 4 heteroatoms. The van der Waals surface area contributed by atoms with Gasteiger partial charge >= 0.3 is 0 Å². The zero-order chi connectivity index (χ0) is 12.2. The molecule has 0 aromatic rings. The highest BCUT2D eigenvalue weighted by Crippen LogP contribution is 2.31. The molecule has 0 saturated heterocycles. The Morgan fingerprint density at radius 2 is 2.31 bits per heavy atom. The van der Waals surface area contributed by atoms with Gasteiger partial charge in [0.05, 0.1) is 12.1 Å². The van der Waals surface area contributed by atoms with Crippen molar-refractivity contribution in [2.24, 2.45) is 11.7 Å². The van der Waals surface area contributed by atoms with E-state index in [1.807, 2.05) is 6.92 Å². The monoisotopic (exact) mass is 228 g/mol. The Kier molecular flexibility index (Phi) is 4.74. The standard InChI is InChI=1S/C12H24N2O2/c1-3-14(7-8-15)11(16)12(13)6-4-5-10(2)9-12/h10,15H,3-9,13H2,1-2H3. The van der Waals surface area contributed by atoms with E-state index in [2.05, 4.69) is 6.92 Å². The third kappa shape index (κ3) is 2.95. The number of hydrogen-bond donors (Lipinski definition) is 2. The first kappa shape index (κ1) is 13.5. The Hall–Kier alpha value is -0.610. The van der Waals surface area contributed by atoms with Gasteiger partial charge in [0, 0.05) is 13.1 Å². The summed E-state index contributed by atoms with van der Waals surface area (Å²) in [5.41, 5.74) is 5.54. The number of amides is 1. The highest BCUT2D eigenvalue weighted by atomic mass is 16.3. The normalized spacial score (nSPS) is 30.1. The molecule has 0 aromatic heterocycles. The topological polar surface area (TPSA) is 66.6 Å². The molecule has 1 aliphatic carbocycles. The van der Waals surface area contributed by atoms with Crippen molar-refractivity contribution in [2.45, 2.75) is 45.1 Å². The maximum absolute atomic E-state index is 12.3. The highest BCUT2D eigenvalue weighted by molar-refractivity contribution is 5.86. The van der Waals surface area contributed by atoms with E-state index in [1.54, 1.807) is 4.90 Å². The average Bonchev–Trinajstić information content (AvgIpc) is 2.24. The summed E-state index contributed by atoms with van der Waals surface area (Å²) < 4.78 is 0. The minimum atomic E-state index is -0.692. The van der Waals surface area contributed by atoms with Gasteiger partial charge in [0.25, 0.3) is 0 Å². The van der Waals surface area contributed by atoms with Gasteiger partial charge in [0.1, 0.15) is 0 Å². The summed E-state index contributed by atoms with van der Waals surface area (Å²) >= 11 is 0. The van der Waals surface area contributed by atoms with Crippen molar-refractivity contribution in [3.8, 4) is 0 Å².